The van der Waals surface area contributed by atoms with Crippen molar-refractivity contribution in [2.45, 2.75) is 38.0 Å². The summed E-state index contributed by atoms with van der Waals surface area (Å²) in [7, 11) is 1.67. The summed E-state index contributed by atoms with van der Waals surface area (Å²) < 4.78 is 28.4. The average molecular weight is 289 g/mol. The van der Waals surface area contributed by atoms with Gasteiger partial charge in [-0.15, -0.1) is 0 Å². The van der Waals surface area contributed by atoms with Gasteiger partial charge in [0.05, 0.1) is 11.5 Å². The number of halogens is 1. The predicted molar refractivity (Wildman–Crippen MR) is 71.8 cm³/mol. The van der Waals surface area contributed by atoms with E-state index in [4.69, 9.17) is 15.4 Å². The van der Waals surface area contributed by atoms with Gasteiger partial charge in [0.2, 0.25) is 0 Å². The lowest BCUT2D eigenvalue weighted by Crippen LogP contribution is -2.19. The van der Waals surface area contributed by atoms with Gasteiger partial charge in [0.25, 0.3) is 9.05 Å². The van der Waals surface area contributed by atoms with Crippen LogP contribution in [0.5, 0.6) is 5.75 Å². The highest BCUT2D eigenvalue weighted by Gasteiger charge is 2.20. The van der Waals surface area contributed by atoms with Crippen molar-refractivity contribution >= 4 is 19.7 Å². The molecule has 0 saturated heterocycles. The predicted octanol–water partition coefficient (Wildman–Crippen LogP) is 3.41. The van der Waals surface area contributed by atoms with Crippen molar-refractivity contribution in [3.63, 3.8) is 0 Å². The monoisotopic (exact) mass is 288 g/mol. The van der Waals surface area contributed by atoms with Crippen LogP contribution in [0.25, 0.3) is 0 Å². The van der Waals surface area contributed by atoms with Crippen molar-refractivity contribution in [2.75, 3.05) is 6.61 Å². The molecule has 100 valence electrons. The fraction of sp³-hybridized carbons (Fsp3) is 0.538. The van der Waals surface area contributed by atoms with Crippen LogP contribution in [0.15, 0.2) is 17.0 Å². The Morgan fingerprint density at radius 3 is 2.22 bits per heavy atom. The molecule has 5 heteroatoms. The summed E-state index contributed by atoms with van der Waals surface area (Å²) in [5.74, 6) is 1.44. The highest BCUT2D eigenvalue weighted by atomic mass is 35.7. The Morgan fingerprint density at radius 1 is 1.28 bits per heavy atom. The minimum Gasteiger partial charge on any atom is -0.493 e. The molecule has 0 bridgehead atoms. The van der Waals surface area contributed by atoms with Gasteiger partial charge in [-0.1, -0.05) is 6.42 Å². The van der Waals surface area contributed by atoms with Gasteiger partial charge in [-0.25, -0.2) is 8.42 Å². The third-order valence-electron chi connectivity index (χ3n) is 3.40. The Hall–Kier alpha value is -0.740. The molecule has 2 rings (SSSR count). The highest BCUT2D eigenvalue weighted by molar-refractivity contribution is 8.13. The second-order valence-corrected chi connectivity index (χ2v) is 7.50. The summed E-state index contributed by atoms with van der Waals surface area (Å²) in [4.78, 5) is 0.134. The first-order valence-electron chi connectivity index (χ1n) is 6.06. The molecule has 1 aliphatic rings. The molecule has 0 aliphatic heterocycles. The normalized spacial score (nSPS) is 16.4. The van der Waals surface area contributed by atoms with Crippen LogP contribution in [0.1, 0.15) is 30.4 Å². The van der Waals surface area contributed by atoms with Crippen LogP contribution in [0.4, 0.5) is 0 Å². The Bertz CT molecular complexity index is 524. The maximum absolute atomic E-state index is 11.3. The van der Waals surface area contributed by atoms with Crippen molar-refractivity contribution in [1.82, 2.24) is 0 Å². The van der Waals surface area contributed by atoms with Crippen molar-refractivity contribution in [3.8, 4) is 5.75 Å². The second-order valence-electron chi connectivity index (χ2n) is 4.93. The minimum absolute atomic E-state index is 0.134. The SMILES string of the molecule is Cc1cc(S(=O)(=O)Cl)cc(C)c1OCC1CCC1. The molecule has 18 heavy (non-hydrogen) atoms. The molecule has 0 N–H and O–H groups in total. The standard InChI is InChI=1S/C13H17ClO3S/c1-9-6-12(18(14,15)16)7-10(2)13(9)17-8-11-4-3-5-11/h6-7,11H,3-5,8H2,1-2H3. The van der Waals surface area contributed by atoms with Gasteiger partial charge in [0.15, 0.2) is 0 Å². The summed E-state index contributed by atoms with van der Waals surface area (Å²) in [6, 6.07) is 3.12. The Morgan fingerprint density at radius 2 is 1.83 bits per heavy atom. The first kappa shape index (κ1) is 13.7. The Kier molecular flexibility index (Phi) is 3.87. The second kappa shape index (κ2) is 5.10. The van der Waals surface area contributed by atoms with E-state index in [9.17, 15) is 8.42 Å². The van der Waals surface area contributed by atoms with E-state index >= 15 is 0 Å². The van der Waals surface area contributed by atoms with Crippen molar-refractivity contribution in [3.05, 3.63) is 23.3 Å². The van der Waals surface area contributed by atoms with E-state index in [2.05, 4.69) is 0 Å². The smallest absolute Gasteiger partial charge is 0.261 e. The summed E-state index contributed by atoms with van der Waals surface area (Å²) in [5.41, 5.74) is 1.63. The first-order chi connectivity index (χ1) is 8.38. The van der Waals surface area contributed by atoms with Crippen LogP contribution in [0, 0.1) is 19.8 Å². The molecule has 0 radical (unpaired) electrons. The van der Waals surface area contributed by atoms with E-state index in [1.54, 1.807) is 12.1 Å². The van der Waals surface area contributed by atoms with Crippen LogP contribution in [0.2, 0.25) is 0 Å². The van der Waals surface area contributed by atoms with E-state index < -0.39 is 9.05 Å². The van der Waals surface area contributed by atoms with Crippen molar-refractivity contribution in [2.24, 2.45) is 5.92 Å². The van der Waals surface area contributed by atoms with Crippen molar-refractivity contribution < 1.29 is 13.2 Å². The number of benzene rings is 1. The fourth-order valence-corrected chi connectivity index (χ4v) is 3.04. The lowest BCUT2D eigenvalue weighted by Gasteiger charge is -2.26. The van der Waals surface area contributed by atoms with Gasteiger partial charge < -0.3 is 4.74 Å². The van der Waals surface area contributed by atoms with E-state index in [0.29, 0.717) is 12.5 Å². The van der Waals surface area contributed by atoms with Crippen LogP contribution < -0.4 is 4.74 Å². The molecule has 0 spiro atoms. The van der Waals surface area contributed by atoms with E-state index in [1.165, 1.54) is 19.3 Å². The zero-order valence-corrected chi connectivity index (χ0v) is 12.1. The summed E-state index contributed by atoms with van der Waals surface area (Å²) in [6.45, 7) is 4.40. The number of hydrogen-bond acceptors (Lipinski definition) is 3. The maximum atomic E-state index is 11.3. The molecule has 0 aromatic heterocycles. The van der Waals surface area contributed by atoms with Crippen LogP contribution >= 0.6 is 10.7 Å². The fourth-order valence-electron chi connectivity index (χ4n) is 2.14. The molecule has 0 amide bonds. The summed E-state index contributed by atoms with van der Waals surface area (Å²) in [6.07, 6.45) is 3.74. The number of ether oxygens (including phenoxy) is 1. The minimum atomic E-state index is -3.67. The van der Waals surface area contributed by atoms with Crippen LogP contribution in [0.3, 0.4) is 0 Å². The van der Waals surface area contributed by atoms with E-state index in [1.807, 2.05) is 13.8 Å². The summed E-state index contributed by atoms with van der Waals surface area (Å²) in [5, 5.41) is 0. The molecule has 1 fully saturated rings. The Labute approximate surface area is 113 Å². The molecule has 1 aromatic rings. The van der Waals surface area contributed by atoms with Gasteiger partial charge in [0.1, 0.15) is 5.75 Å². The van der Waals surface area contributed by atoms with Crippen LogP contribution in [-0.2, 0) is 9.05 Å². The molecule has 1 aromatic carbocycles. The molecule has 1 saturated carbocycles. The lowest BCUT2D eigenvalue weighted by atomic mass is 9.86. The average Bonchev–Trinajstić information content (AvgIpc) is 2.17. The third kappa shape index (κ3) is 2.98. The third-order valence-corrected chi connectivity index (χ3v) is 4.74. The molecule has 0 atom stereocenters. The largest absolute Gasteiger partial charge is 0.493 e. The first-order valence-corrected chi connectivity index (χ1v) is 8.37. The molecule has 3 nitrogen and oxygen atoms in total. The molecular weight excluding hydrogens is 272 g/mol. The van der Waals surface area contributed by atoms with Gasteiger partial charge in [-0.2, -0.15) is 0 Å². The lowest BCUT2D eigenvalue weighted by molar-refractivity contribution is 0.179. The maximum Gasteiger partial charge on any atom is 0.261 e. The zero-order chi connectivity index (χ0) is 13.3. The van der Waals surface area contributed by atoms with E-state index in [-0.39, 0.29) is 4.90 Å². The van der Waals surface area contributed by atoms with Gasteiger partial charge in [-0.05, 0) is 55.9 Å². The van der Waals surface area contributed by atoms with E-state index in [0.717, 1.165) is 16.9 Å². The van der Waals surface area contributed by atoms with Gasteiger partial charge in [-0.3, -0.25) is 0 Å². The number of rotatable bonds is 4. The van der Waals surface area contributed by atoms with Crippen molar-refractivity contribution in [1.29, 1.82) is 0 Å². The topological polar surface area (TPSA) is 43.4 Å². The quantitative estimate of drug-likeness (QED) is 0.798. The molecule has 0 unspecified atom stereocenters. The van der Waals surface area contributed by atoms with Crippen LogP contribution in [-0.4, -0.2) is 15.0 Å². The number of hydrogen-bond donors (Lipinski definition) is 0. The molecule has 0 heterocycles. The molecule has 1 aliphatic carbocycles. The highest BCUT2D eigenvalue weighted by Crippen LogP contribution is 2.31. The summed E-state index contributed by atoms with van der Waals surface area (Å²) >= 11 is 0. The molecular formula is C13H17ClO3S. The van der Waals surface area contributed by atoms with Gasteiger partial charge in [0, 0.05) is 10.7 Å². The van der Waals surface area contributed by atoms with Gasteiger partial charge >= 0.3 is 0 Å². The number of aryl methyl sites for hydroxylation is 2. The Balaban J connectivity index is 2.20. The zero-order valence-electron chi connectivity index (χ0n) is 10.6.